The molecule has 0 spiro atoms. The standard InChI is InChI=1S/C11H13NO/c13-10-12-9-5-4-8-11-6-2-1-3-7-11/h1-4,6-8,10H,5,9H2,(H,12,13). The van der Waals surface area contributed by atoms with Crippen LogP contribution in [0.25, 0.3) is 6.08 Å². The van der Waals surface area contributed by atoms with Crippen molar-refractivity contribution in [2.24, 2.45) is 0 Å². The summed E-state index contributed by atoms with van der Waals surface area (Å²) in [5, 5.41) is 2.60. The molecule has 1 rings (SSSR count). The SMILES string of the molecule is O=CNCCC=Cc1ccccc1. The van der Waals surface area contributed by atoms with Crippen LogP contribution in [0, 0.1) is 0 Å². The fourth-order valence-corrected chi connectivity index (χ4v) is 1.01. The molecule has 0 aliphatic heterocycles. The molecule has 1 aromatic carbocycles. The Bertz CT molecular complexity index is 267. The van der Waals surface area contributed by atoms with E-state index in [0.29, 0.717) is 6.54 Å². The zero-order valence-corrected chi connectivity index (χ0v) is 7.44. The smallest absolute Gasteiger partial charge is 0.207 e. The average Bonchev–Trinajstić information content (AvgIpc) is 2.19. The first-order valence-electron chi connectivity index (χ1n) is 4.32. The van der Waals surface area contributed by atoms with Crippen molar-refractivity contribution in [3.63, 3.8) is 0 Å². The number of benzene rings is 1. The van der Waals surface area contributed by atoms with Gasteiger partial charge in [0.2, 0.25) is 6.41 Å². The molecule has 1 amide bonds. The second-order valence-electron chi connectivity index (χ2n) is 2.67. The topological polar surface area (TPSA) is 29.1 Å². The summed E-state index contributed by atoms with van der Waals surface area (Å²) in [7, 11) is 0. The molecule has 1 N–H and O–H groups in total. The summed E-state index contributed by atoms with van der Waals surface area (Å²) in [6, 6.07) is 10.1. The Balaban J connectivity index is 2.28. The maximum Gasteiger partial charge on any atom is 0.207 e. The van der Waals surface area contributed by atoms with Crippen LogP contribution in [0.2, 0.25) is 0 Å². The highest BCUT2D eigenvalue weighted by molar-refractivity contribution is 5.49. The molecule has 0 fully saturated rings. The van der Waals surface area contributed by atoms with Crippen LogP contribution in [0.15, 0.2) is 36.4 Å². The minimum atomic E-state index is 0.701. The summed E-state index contributed by atoms with van der Waals surface area (Å²) >= 11 is 0. The molecule has 13 heavy (non-hydrogen) atoms. The zero-order chi connectivity index (χ0) is 9.36. The lowest BCUT2D eigenvalue weighted by molar-refractivity contribution is -0.109. The van der Waals surface area contributed by atoms with Crippen molar-refractivity contribution in [1.82, 2.24) is 5.32 Å². The Kier molecular flexibility index (Phi) is 4.39. The van der Waals surface area contributed by atoms with E-state index in [1.807, 2.05) is 42.5 Å². The van der Waals surface area contributed by atoms with Gasteiger partial charge in [-0.1, -0.05) is 42.5 Å². The summed E-state index contributed by atoms with van der Waals surface area (Å²) in [5.41, 5.74) is 1.19. The Morgan fingerprint density at radius 2 is 2.00 bits per heavy atom. The minimum Gasteiger partial charge on any atom is -0.358 e. The number of rotatable bonds is 5. The quantitative estimate of drug-likeness (QED) is 0.537. The summed E-state index contributed by atoms with van der Waals surface area (Å²) in [4.78, 5) is 9.90. The normalized spacial score (nSPS) is 10.2. The number of amides is 1. The van der Waals surface area contributed by atoms with E-state index in [2.05, 4.69) is 5.32 Å². The van der Waals surface area contributed by atoms with Crippen LogP contribution in [-0.2, 0) is 4.79 Å². The van der Waals surface area contributed by atoms with E-state index in [-0.39, 0.29) is 0 Å². The van der Waals surface area contributed by atoms with Crippen molar-refractivity contribution < 1.29 is 4.79 Å². The molecule has 0 aromatic heterocycles. The number of hydrogen-bond acceptors (Lipinski definition) is 1. The van der Waals surface area contributed by atoms with Crippen LogP contribution in [0.4, 0.5) is 0 Å². The van der Waals surface area contributed by atoms with Crippen LogP contribution in [0.5, 0.6) is 0 Å². The maximum atomic E-state index is 9.90. The van der Waals surface area contributed by atoms with Crippen LogP contribution >= 0.6 is 0 Å². The van der Waals surface area contributed by atoms with Crippen LogP contribution in [0.1, 0.15) is 12.0 Å². The van der Waals surface area contributed by atoms with E-state index in [4.69, 9.17) is 0 Å². The van der Waals surface area contributed by atoms with Gasteiger partial charge in [-0.15, -0.1) is 0 Å². The summed E-state index contributed by atoms with van der Waals surface area (Å²) in [6.45, 7) is 0.701. The molecule has 2 heteroatoms. The van der Waals surface area contributed by atoms with Gasteiger partial charge >= 0.3 is 0 Å². The molecule has 0 saturated carbocycles. The maximum absolute atomic E-state index is 9.90. The molecule has 0 heterocycles. The van der Waals surface area contributed by atoms with Crippen LogP contribution in [0.3, 0.4) is 0 Å². The Labute approximate surface area is 78.3 Å². The van der Waals surface area contributed by atoms with Crippen molar-refractivity contribution >= 4 is 12.5 Å². The van der Waals surface area contributed by atoms with Gasteiger partial charge in [-0.05, 0) is 12.0 Å². The largest absolute Gasteiger partial charge is 0.358 e. The van der Waals surface area contributed by atoms with Gasteiger partial charge in [0.1, 0.15) is 0 Å². The number of carbonyl (C=O) groups excluding carboxylic acids is 1. The van der Waals surface area contributed by atoms with E-state index in [0.717, 1.165) is 12.8 Å². The van der Waals surface area contributed by atoms with Gasteiger partial charge in [0.15, 0.2) is 0 Å². The second-order valence-corrected chi connectivity index (χ2v) is 2.67. The first-order chi connectivity index (χ1) is 6.43. The summed E-state index contributed by atoms with van der Waals surface area (Å²) in [5.74, 6) is 0. The molecule has 0 unspecified atom stereocenters. The Hall–Kier alpha value is -1.57. The molecular formula is C11H13NO. The monoisotopic (exact) mass is 175 g/mol. The van der Waals surface area contributed by atoms with E-state index in [1.54, 1.807) is 0 Å². The van der Waals surface area contributed by atoms with Gasteiger partial charge in [-0.2, -0.15) is 0 Å². The summed E-state index contributed by atoms with van der Waals surface area (Å²) in [6.07, 6.45) is 5.68. The third kappa shape index (κ3) is 4.11. The fraction of sp³-hybridized carbons (Fsp3) is 0.182. The molecule has 0 saturated heterocycles. The lowest BCUT2D eigenvalue weighted by atomic mass is 10.2. The molecule has 0 aliphatic rings. The van der Waals surface area contributed by atoms with Gasteiger partial charge in [0.25, 0.3) is 0 Å². The molecule has 1 aromatic rings. The van der Waals surface area contributed by atoms with E-state index in [1.165, 1.54) is 5.56 Å². The van der Waals surface area contributed by atoms with Crippen LogP contribution in [-0.4, -0.2) is 13.0 Å². The van der Waals surface area contributed by atoms with Crippen LogP contribution < -0.4 is 5.32 Å². The lowest BCUT2D eigenvalue weighted by Crippen LogP contribution is -2.10. The van der Waals surface area contributed by atoms with Gasteiger partial charge < -0.3 is 5.32 Å². The lowest BCUT2D eigenvalue weighted by Gasteiger charge is -1.92. The Morgan fingerprint density at radius 3 is 2.69 bits per heavy atom. The highest BCUT2D eigenvalue weighted by atomic mass is 16.1. The van der Waals surface area contributed by atoms with Gasteiger partial charge in [0, 0.05) is 6.54 Å². The van der Waals surface area contributed by atoms with Crippen molar-refractivity contribution in [2.75, 3.05) is 6.54 Å². The number of hydrogen-bond donors (Lipinski definition) is 1. The average molecular weight is 175 g/mol. The van der Waals surface area contributed by atoms with Crippen molar-refractivity contribution in [2.45, 2.75) is 6.42 Å². The highest BCUT2D eigenvalue weighted by Crippen LogP contribution is 2.00. The van der Waals surface area contributed by atoms with Gasteiger partial charge in [-0.3, -0.25) is 4.79 Å². The van der Waals surface area contributed by atoms with Gasteiger partial charge in [-0.25, -0.2) is 0 Å². The molecule has 2 nitrogen and oxygen atoms in total. The van der Waals surface area contributed by atoms with Gasteiger partial charge in [0.05, 0.1) is 0 Å². The number of nitrogens with one attached hydrogen (secondary N) is 1. The molecule has 0 aliphatic carbocycles. The molecule has 0 radical (unpaired) electrons. The second kappa shape index (κ2) is 6.00. The van der Waals surface area contributed by atoms with E-state index < -0.39 is 0 Å². The third-order valence-electron chi connectivity index (χ3n) is 1.65. The summed E-state index contributed by atoms with van der Waals surface area (Å²) < 4.78 is 0. The van der Waals surface area contributed by atoms with E-state index >= 15 is 0 Å². The number of carbonyl (C=O) groups is 1. The first kappa shape index (κ1) is 9.52. The molecule has 68 valence electrons. The zero-order valence-electron chi connectivity index (χ0n) is 7.44. The van der Waals surface area contributed by atoms with Crippen molar-refractivity contribution in [3.8, 4) is 0 Å². The third-order valence-corrected chi connectivity index (χ3v) is 1.65. The van der Waals surface area contributed by atoms with Crippen molar-refractivity contribution in [3.05, 3.63) is 42.0 Å². The van der Waals surface area contributed by atoms with Crippen molar-refractivity contribution in [1.29, 1.82) is 0 Å². The predicted molar refractivity (Wildman–Crippen MR) is 54.2 cm³/mol. The molecule has 0 atom stereocenters. The highest BCUT2D eigenvalue weighted by Gasteiger charge is 1.82. The van der Waals surface area contributed by atoms with E-state index in [9.17, 15) is 4.79 Å². The molecule has 0 bridgehead atoms. The fourth-order valence-electron chi connectivity index (χ4n) is 1.01. The first-order valence-corrected chi connectivity index (χ1v) is 4.32. The Morgan fingerprint density at radius 1 is 1.23 bits per heavy atom. The molecular weight excluding hydrogens is 162 g/mol. The predicted octanol–water partition coefficient (Wildman–Crippen LogP) is 1.84. The minimum absolute atomic E-state index is 0.701.